The van der Waals surface area contributed by atoms with E-state index in [-0.39, 0.29) is 5.92 Å². The molecule has 0 bridgehead atoms. The number of alkyl halides is 3. The third-order valence-electron chi connectivity index (χ3n) is 5.71. The van der Waals surface area contributed by atoms with E-state index in [1.54, 1.807) is 0 Å². The molecule has 1 N–H and O–H groups in total. The molecule has 1 aliphatic carbocycles. The van der Waals surface area contributed by atoms with Gasteiger partial charge in [0.15, 0.2) is 23.0 Å². The lowest BCUT2D eigenvalue weighted by Gasteiger charge is -2.26. The van der Waals surface area contributed by atoms with E-state index < -0.39 is 21.4 Å². The van der Waals surface area contributed by atoms with Gasteiger partial charge in [0, 0.05) is 22.4 Å². The molecular weight excluding hydrogens is 570 g/mol. The summed E-state index contributed by atoms with van der Waals surface area (Å²) in [6.45, 7) is 0. The molecule has 0 spiro atoms. The Hall–Kier alpha value is -2.73. The summed E-state index contributed by atoms with van der Waals surface area (Å²) in [4.78, 5) is 3.36. The van der Waals surface area contributed by atoms with Crippen LogP contribution in [0.3, 0.4) is 0 Å². The molecule has 1 atom stereocenters. The Bertz CT molecular complexity index is 1470. The predicted molar refractivity (Wildman–Crippen MR) is 126 cm³/mol. The van der Waals surface area contributed by atoms with E-state index in [4.69, 9.17) is 3.07 Å². The van der Waals surface area contributed by atoms with Gasteiger partial charge in [0.2, 0.25) is 0 Å². The lowest BCUT2D eigenvalue weighted by Crippen LogP contribution is -2.28. The van der Waals surface area contributed by atoms with Gasteiger partial charge in [-0.2, -0.15) is 21.6 Å². The minimum absolute atomic E-state index is 0.110. The smallest absolute Gasteiger partial charge is 0.428 e. The number of H-pyrrole nitrogens is 1. The van der Waals surface area contributed by atoms with Crippen LogP contribution in [0.1, 0.15) is 22.6 Å². The van der Waals surface area contributed by atoms with E-state index in [1.165, 1.54) is 18.2 Å². The van der Waals surface area contributed by atoms with Crippen LogP contribution in [0.15, 0.2) is 66.7 Å². The Morgan fingerprint density at radius 1 is 0.970 bits per heavy atom. The second kappa shape index (κ2) is 7.94. The molecule has 0 fully saturated rings. The largest absolute Gasteiger partial charge is 0.534 e. The number of halogens is 4. The zero-order chi connectivity index (χ0) is 23.4. The fourth-order valence-electron chi connectivity index (χ4n) is 4.31. The average Bonchev–Trinajstić information content (AvgIpc) is 3.16. The van der Waals surface area contributed by atoms with Crippen LogP contribution in [-0.4, -0.2) is 18.9 Å². The van der Waals surface area contributed by atoms with Crippen molar-refractivity contribution in [2.75, 3.05) is 0 Å². The fourth-order valence-corrected chi connectivity index (χ4v) is 5.04. The number of hydrogen-bond acceptors (Lipinski definition) is 4. The van der Waals surface area contributed by atoms with Crippen molar-refractivity contribution < 1.29 is 28.8 Å². The molecule has 3 aromatic carbocycles. The van der Waals surface area contributed by atoms with Gasteiger partial charge >= 0.3 is 15.6 Å². The van der Waals surface area contributed by atoms with Crippen LogP contribution in [0.25, 0.3) is 22.2 Å². The minimum Gasteiger partial charge on any atom is -0.428 e. The summed E-state index contributed by atoms with van der Waals surface area (Å²) in [5.74, 6) is 0.211. The van der Waals surface area contributed by atoms with E-state index in [1.807, 2.05) is 71.5 Å². The molecule has 5 rings (SSSR count). The first-order valence-corrected chi connectivity index (χ1v) is 12.1. The first-order chi connectivity index (χ1) is 15.7. The maximum absolute atomic E-state index is 12.8. The van der Waals surface area contributed by atoms with Crippen LogP contribution in [0.2, 0.25) is 0 Å². The van der Waals surface area contributed by atoms with Gasteiger partial charge in [-0.05, 0) is 59.5 Å². The van der Waals surface area contributed by atoms with Gasteiger partial charge in [-0.3, -0.25) is 0 Å². The molecule has 170 valence electrons. The van der Waals surface area contributed by atoms with Crippen LogP contribution in [0, 0.1) is 0 Å². The lowest BCUT2D eigenvalue weighted by molar-refractivity contribution is -0.0500. The fraction of sp³-hybridized carbons (Fsp3) is 0.130. The molecule has 0 radical (unpaired) electrons. The number of nitrogens with one attached hydrogen (secondary N) is 1. The molecule has 4 aromatic rings. The van der Waals surface area contributed by atoms with Crippen molar-refractivity contribution >= 4 is 44.0 Å². The van der Waals surface area contributed by atoms with Gasteiger partial charge in [-0.1, -0.05) is 30.3 Å². The van der Waals surface area contributed by atoms with Crippen LogP contribution in [-0.2, 0) is 16.5 Å². The van der Waals surface area contributed by atoms with Crippen molar-refractivity contribution in [3.8, 4) is 22.8 Å². The van der Waals surface area contributed by atoms with Crippen LogP contribution >= 0.6 is 23.0 Å². The highest BCUT2D eigenvalue weighted by atomic mass is 127. The topological polar surface area (TPSA) is 68.4 Å². The Labute approximate surface area is 201 Å². The summed E-state index contributed by atoms with van der Waals surface area (Å²) in [6, 6.07) is 19.6. The van der Waals surface area contributed by atoms with Crippen LogP contribution in [0.4, 0.5) is 13.2 Å². The second-order valence-corrected chi connectivity index (χ2v) is 9.65. The van der Waals surface area contributed by atoms with Crippen molar-refractivity contribution in [3.05, 3.63) is 83.4 Å². The summed E-state index contributed by atoms with van der Waals surface area (Å²) < 4.78 is 71.3. The molecule has 1 aliphatic rings. The number of fused-ring (bicyclic) bond motifs is 5. The van der Waals surface area contributed by atoms with Crippen LogP contribution in [0.5, 0.6) is 11.5 Å². The molecule has 33 heavy (non-hydrogen) atoms. The highest BCUT2D eigenvalue weighted by Gasteiger charge is 2.48. The van der Waals surface area contributed by atoms with Crippen molar-refractivity contribution in [2.45, 2.75) is 17.8 Å². The predicted octanol–water partition coefficient (Wildman–Crippen LogP) is 6.48. The van der Waals surface area contributed by atoms with Crippen molar-refractivity contribution in [3.63, 3.8) is 0 Å². The first kappa shape index (κ1) is 22.1. The first-order valence-electron chi connectivity index (χ1n) is 9.81. The number of rotatable bonds is 4. The lowest BCUT2D eigenvalue weighted by atomic mass is 9.77. The monoisotopic (exact) mass is 585 g/mol. The standard InChI is InChI=1S/C23H15F3INO4S/c24-23(25,26)33(29,30)32-16-7-9-20-19(12-16)21-18(13-4-2-1-3-5-13)11-14-10-15(31-27)6-8-17(14)22(21)28-20/h1-10,12,18,28H,11H2. The Balaban J connectivity index is 1.71. The van der Waals surface area contributed by atoms with E-state index in [0.717, 1.165) is 27.9 Å². The van der Waals surface area contributed by atoms with Gasteiger partial charge in [0.25, 0.3) is 0 Å². The maximum Gasteiger partial charge on any atom is 0.534 e. The van der Waals surface area contributed by atoms with Crippen molar-refractivity contribution in [1.82, 2.24) is 4.98 Å². The summed E-state index contributed by atoms with van der Waals surface area (Å²) in [5.41, 5.74) is -0.0920. The number of aromatic amines is 1. The quantitative estimate of drug-likeness (QED) is 0.169. The highest BCUT2D eigenvalue weighted by molar-refractivity contribution is 14.1. The zero-order valence-electron chi connectivity index (χ0n) is 16.7. The van der Waals surface area contributed by atoms with E-state index in [9.17, 15) is 21.6 Å². The average molecular weight is 585 g/mol. The van der Waals surface area contributed by atoms with Crippen molar-refractivity contribution in [1.29, 1.82) is 0 Å². The summed E-state index contributed by atoms with van der Waals surface area (Å²) in [7, 11) is -5.77. The molecule has 10 heteroatoms. The van der Waals surface area contributed by atoms with Gasteiger partial charge in [0.05, 0.1) is 5.69 Å². The van der Waals surface area contributed by atoms with Gasteiger partial charge in [0.1, 0.15) is 11.5 Å². The third-order valence-corrected chi connectivity index (χ3v) is 7.20. The molecule has 1 aromatic heterocycles. The molecular formula is C23H15F3INO4S. The van der Waals surface area contributed by atoms with Crippen molar-refractivity contribution in [2.24, 2.45) is 0 Å². The van der Waals surface area contributed by atoms with Gasteiger partial charge in [-0.15, -0.1) is 0 Å². The third kappa shape index (κ3) is 3.84. The molecule has 1 unspecified atom stereocenters. The van der Waals surface area contributed by atoms with Gasteiger partial charge < -0.3 is 12.2 Å². The summed E-state index contributed by atoms with van der Waals surface area (Å²) in [6.07, 6.45) is 0.638. The summed E-state index contributed by atoms with van der Waals surface area (Å²) in [5, 5.41) is 0.605. The number of aromatic nitrogens is 1. The number of hydrogen-bond donors (Lipinski definition) is 1. The molecule has 0 aliphatic heterocycles. The zero-order valence-corrected chi connectivity index (χ0v) is 19.7. The van der Waals surface area contributed by atoms with E-state index >= 15 is 0 Å². The highest BCUT2D eigenvalue weighted by Crippen LogP contribution is 2.47. The number of benzene rings is 3. The minimum atomic E-state index is -5.77. The molecule has 0 amide bonds. The second-order valence-electron chi connectivity index (χ2n) is 7.67. The molecule has 5 nitrogen and oxygen atoms in total. The SMILES string of the molecule is O=S(=O)(Oc1ccc2[nH]c3c(c2c1)C(c1ccccc1)Cc1cc(OI)ccc1-3)C(F)(F)F. The maximum atomic E-state index is 12.8. The molecule has 0 saturated carbocycles. The Morgan fingerprint density at radius 3 is 2.39 bits per heavy atom. The van der Waals surface area contributed by atoms with Gasteiger partial charge in [-0.25, -0.2) is 0 Å². The Kier molecular flexibility index (Phi) is 5.31. The van der Waals surface area contributed by atoms with E-state index in [2.05, 4.69) is 9.17 Å². The Morgan fingerprint density at radius 2 is 1.70 bits per heavy atom. The summed E-state index contributed by atoms with van der Waals surface area (Å²) >= 11 is 1.83. The normalized spacial score (nSPS) is 15.7. The molecule has 1 heterocycles. The van der Waals surface area contributed by atoms with E-state index in [0.29, 0.717) is 23.1 Å². The molecule has 0 saturated heterocycles. The van der Waals surface area contributed by atoms with Crippen LogP contribution < -0.4 is 7.25 Å².